The monoisotopic (exact) mass is 441 g/mol. The van der Waals surface area contributed by atoms with Gasteiger partial charge >= 0.3 is 0 Å². The highest BCUT2D eigenvalue weighted by atomic mass is 31.2. The zero-order valence-electron chi connectivity index (χ0n) is 24.0. The molecule has 30 heavy (non-hydrogen) atoms. The van der Waals surface area contributed by atoms with Crippen LogP contribution in [0.4, 0.5) is 0 Å². The summed E-state index contributed by atoms with van der Waals surface area (Å²) in [7, 11) is -4.11. The van der Waals surface area contributed by atoms with E-state index in [0.29, 0.717) is 5.92 Å². The van der Waals surface area contributed by atoms with Gasteiger partial charge in [-0.2, -0.15) is 0 Å². The van der Waals surface area contributed by atoms with Crippen molar-refractivity contribution in [2.75, 3.05) is 18.9 Å². The number of carbonyl (C=O) groups is 2. The Morgan fingerprint density at radius 3 is 2.53 bits per heavy atom. The number of nitrogens with zero attached hydrogens (tertiary/aromatic N) is 1. The van der Waals surface area contributed by atoms with Crippen LogP contribution in [0.3, 0.4) is 0 Å². The molecule has 1 N–H and O–H groups in total. The van der Waals surface area contributed by atoms with E-state index >= 15 is 0 Å². The molecule has 0 aromatic heterocycles. The fourth-order valence-electron chi connectivity index (χ4n) is 4.57. The third-order valence-electron chi connectivity index (χ3n) is 6.11. The zero-order chi connectivity index (χ0) is 27.7. The molecular weight excluding hydrogens is 401 g/mol. The Hall–Kier alpha value is -1.65. The first-order valence-electron chi connectivity index (χ1n) is 14.0. The van der Waals surface area contributed by atoms with Crippen LogP contribution in [0, 0.1) is 11.8 Å². The second kappa shape index (κ2) is 10.6. The average Bonchev–Trinajstić information content (AvgIpc) is 3.28. The predicted molar refractivity (Wildman–Crippen MR) is 114 cm³/mol. The number of aliphatic carboxylic acids is 1. The molecule has 2 aliphatic rings. The van der Waals surface area contributed by atoms with E-state index in [2.05, 4.69) is 0 Å². The van der Waals surface area contributed by atoms with Gasteiger partial charge in [0.25, 0.3) is 0 Å². The lowest BCUT2D eigenvalue weighted by atomic mass is 9.79. The molecule has 1 unspecified atom stereocenters. The average molecular weight is 442 g/mol. The van der Waals surface area contributed by atoms with E-state index in [0.717, 1.165) is 37.0 Å². The van der Waals surface area contributed by atoms with Crippen molar-refractivity contribution in [3.8, 4) is 0 Å². The fourth-order valence-corrected chi connectivity index (χ4v) is 5.99. The van der Waals surface area contributed by atoms with Gasteiger partial charge in [0.2, 0.25) is 13.3 Å². The third-order valence-corrected chi connectivity index (χ3v) is 7.89. The Labute approximate surface area is 189 Å². The van der Waals surface area contributed by atoms with E-state index in [9.17, 15) is 24.2 Å². The van der Waals surface area contributed by atoms with Gasteiger partial charge in [-0.15, -0.1) is 0 Å². The summed E-state index contributed by atoms with van der Waals surface area (Å²) >= 11 is 0. The van der Waals surface area contributed by atoms with Crippen LogP contribution in [0.2, 0.25) is 0 Å². The molecule has 7 heteroatoms. The SMILES string of the molecule is [2H]c1c([2H])c([2H])c(C([2H])([2H])CCCP(=O)(O)CC(=O)N2C[C@@H](C3CCCCC3)C[C@@H]2C(=O)[O-])c([2H])c1[2H]. The lowest BCUT2D eigenvalue weighted by molar-refractivity contribution is -0.310. The molecule has 166 valence electrons. The van der Waals surface area contributed by atoms with Crippen LogP contribution in [0.1, 0.15) is 66.5 Å². The summed E-state index contributed by atoms with van der Waals surface area (Å²) in [5.41, 5.74) is -0.523. The van der Waals surface area contributed by atoms with Crippen LogP contribution in [0.25, 0.3) is 0 Å². The molecule has 0 spiro atoms. The van der Waals surface area contributed by atoms with Crippen LogP contribution >= 0.6 is 7.37 Å². The van der Waals surface area contributed by atoms with Crippen LogP contribution in [0.15, 0.2) is 30.2 Å². The number of carboxylic acids is 1. The first-order valence-corrected chi connectivity index (χ1v) is 12.6. The Balaban J connectivity index is 1.63. The summed E-state index contributed by atoms with van der Waals surface area (Å²) < 4.78 is 68.4. The molecule has 1 heterocycles. The number of carboxylic acid groups (broad SMARTS) is 1. The lowest BCUT2D eigenvalue weighted by Gasteiger charge is -2.28. The van der Waals surface area contributed by atoms with Crippen molar-refractivity contribution in [1.82, 2.24) is 4.90 Å². The molecule has 1 aromatic carbocycles. The minimum Gasteiger partial charge on any atom is -0.548 e. The number of rotatable bonds is 9. The van der Waals surface area contributed by atoms with Crippen molar-refractivity contribution in [3.63, 3.8) is 0 Å². The van der Waals surface area contributed by atoms with Gasteiger partial charge in [-0.05, 0) is 43.0 Å². The molecule has 1 amide bonds. The third kappa shape index (κ3) is 6.42. The maximum atomic E-state index is 12.9. The van der Waals surface area contributed by atoms with Gasteiger partial charge in [0.1, 0.15) is 6.16 Å². The summed E-state index contributed by atoms with van der Waals surface area (Å²) in [6.45, 7) is 0.208. The molecule has 1 saturated heterocycles. The second-order valence-corrected chi connectivity index (χ2v) is 10.7. The maximum Gasteiger partial charge on any atom is 0.232 e. The van der Waals surface area contributed by atoms with Gasteiger partial charge in [-0.3, -0.25) is 9.36 Å². The predicted octanol–water partition coefficient (Wildman–Crippen LogP) is 2.83. The topological polar surface area (TPSA) is 97.7 Å². The largest absolute Gasteiger partial charge is 0.548 e. The first-order chi connectivity index (χ1) is 17.2. The molecule has 1 aromatic rings. The smallest absolute Gasteiger partial charge is 0.232 e. The van der Waals surface area contributed by atoms with E-state index in [1.54, 1.807) is 0 Å². The quantitative estimate of drug-likeness (QED) is 0.594. The van der Waals surface area contributed by atoms with Crippen LogP contribution in [0.5, 0.6) is 0 Å². The van der Waals surface area contributed by atoms with Crippen molar-refractivity contribution in [3.05, 3.63) is 35.8 Å². The van der Waals surface area contributed by atoms with E-state index in [4.69, 9.17) is 9.60 Å². The van der Waals surface area contributed by atoms with E-state index < -0.39 is 86.2 Å². The summed E-state index contributed by atoms with van der Waals surface area (Å²) in [6, 6.07) is -4.47. The molecule has 0 bridgehead atoms. The molecule has 3 rings (SSSR count). The Morgan fingerprint density at radius 2 is 1.87 bits per heavy atom. The Bertz CT molecular complexity index is 1070. The van der Waals surface area contributed by atoms with Crippen molar-refractivity contribution < 1.29 is 33.7 Å². The van der Waals surface area contributed by atoms with Crippen molar-refractivity contribution in [2.45, 2.75) is 63.8 Å². The van der Waals surface area contributed by atoms with E-state index in [-0.39, 0.29) is 25.3 Å². The van der Waals surface area contributed by atoms with E-state index in [1.165, 1.54) is 0 Å². The molecule has 1 aliphatic heterocycles. The van der Waals surface area contributed by atoms with Crippen LogP contribution in [-0.2, 0) is 20.5 Å². The minimum atomic E-state index is -4.11. The number of carbonyl (C=O) groups excluding carboxylic acids is 2. The number of hydrogen-bond donors (Lipinski definition) is 1. The summed E-state index contributed by atoms with van der Waals surface area (Å²) in [6.07, 6.45) is 1.30. The molecule has 1 saturated carbocycles. The Kier molecular flexibility index (Phi) is 5.37. The maximum absolute atomic E-state index is 12.9. The van der Waals surface area contributed by atoms with Gasteiger partial charge in [0.05, 0.1) is 18.9 Å². The number of likely N-dealkylation sites (tertiary alicyclic amines) is 1. The van der Waals surface area contributed by atoms with Crippen LogP contribution in [-0.4, -0.2) is 46.6 Å². The number of hydrogen-bond acceptors (Lipinski definition) is 4. The fraction of sp³-hybridized carbons (Fsp3) is 0.652. The van der Waals surface area contributed by atoms with Gasteiger partial charge in [-0.1, -0.05) is 62.3 Å². The minimum absolute atomic E-state index is 0.00886. The highest BCUT2D eigenvalue weighted by Crippen LogP contribution is 2.43. The van der Waals surface area contributed by atoms with Gasteiger partial charge in [0, 0.05) is 15.4 Å². The van der Waals surface area contributed by atoms with Crippen LogP contribution < -0.4 is 5.11 Å². The second-order valence-electron chi connectivity index (χ2n) is 8.28. The first kappa shape index (κ1) is 15.2. The molecule has 1 aliphatic carbocycles. The van der Waals surface area contributed by atoms with Crippen molar-refractivity contribution in [2.24, 2.45) is 11.8 Å². The molecule has 0 radical (unpaired) electrons. The molecular formula is C23H33NO5P-. The molecule has 2 fully saturated rings. The molecule has 6 nitrogen and oxygen atoms in total. The highest BCUT2D eigenvalue weighted by molar-refractivity contribution is 7.58. The number of amides is 1. The van der Waals surface area contributed by atoms with Gasteiger partial charge < -0.3 is 19.7 Å². The summed E-state index contributed by atoms with van der Waals surface area (Å²) in [5.74, 6) is -1.80. The molecule has 3 atom stereocenters. The zero-order valence-corrected chi connectivity index (χ0v) is 17.9. The Morgan fingerprint density at radius 1 is 1.17 bits per heavy atom. The standard InChI is InChI=1S/C23H34NO5P/c25-22(17-30(28,29)14-8-7-11-18-9-3-1-4-10-18)24-16-20(15-21(24)23(26)27)19-12-5-2-6-13-19/h1,3-4,9-10,19-21H,2,5-8,11-17H2,(H,26,27)(H,28,29)/p-1/t20-,21+/m0/s1/i1D,3D,4D,9D,10D,11D2. The van der Waals surface area contributed by atoms with Crippen molar-refractivity contribution >= 4 is 19.2 Å². The normalized spacial score (nSPS) is 28.3. The van der Waals surface area contributed by atoms with Crippen molar-refractivity contribution in [1.29, 1.82) is 0 Å². The van der Waals surface area contributed by atoms with Gasteiger partial charge in [-0.25, -0.2) is 0 Å². The lowest BCUT2D eigenvalue weighted by Crippen LogP contribution is -2.47. The summed E-state index contributed by atoms with van der Waals surface area (Å²) in [4.78, 5) is 36.2. The highest BCUT2D eigenvalue weighted by Gasteiger charge is 2.40. The van der Waals surface area contributed by atoms with Gasteiger partial charge in [0.15, 0.2) is 0 Å². The van der Waals surface area contributed by atoms with E-state index in [1.807, 2.05) is 0 Å². The number of benzene rings is 1. The summed E-state index contributed by atoms with van der Waals surface area (Å²) in [5, 5.41) is 11.7.